The zero-order valence-corrected chi connectivity index (χ0v) is 11.2. The molecule has 0 aliphatic heterocycles. The fourth-order valence-electron chi connectivity index (χ4n) is 2.16. The molecule has 0 saturated heterocycles. The molecule has 1 aromatic heterocycles. The molecule has 1 aromatic carbocycles. The molecule has 3 heteroatoms. The number of para-hydroxylation sites is 1. The highest BCUT2D eigenvalue weighted by Crippen LogP contribution is 2.16. The number of hydrogen-bond donors (Lipinski definition) is 1. The normalized spacial score (nSPS) is 11.1. The number of amides is 1. The van der Waals surface area contributed by atoms with Crippen LogP contribution in [0.4, 0.5) is 0 Å². The zero-order chi connectivity index (χ0) is 13.1. The third-order valence-electron chi connectivity index (χ3n) is 3.01. The Morgan fingerprint density at radius 3 is 2.67 bits per heavy atom. The lowest BCUT2D eigenvalue weighted by molar-refractivity contribution is 0.0741. The molecule has 0 atom stereocenters. The van der Waals surface area contributed by atoms with Crippen molar-refractivity contribution in [2.75, 3.05) is 13.1 Å². The maximum atomic E-state index is 12.4. The summed E-state index contributed by atoms with van der Waals surface area (Å²) in [4.78, 5) is 17.5. The predicted octanol–water partition coefficient (Wildman–Crippen LogP) is 3.29. The molecule has 2 rings (SSSR count). The summed E-state index contributed by atoms with van der Waals surface area (Å²) in [5.74, 6) is 0.570. The van der Waals surface area contributed by atoms with Crippen LogP contribution >= 0.6 is 0 Å². The average Bonchev–Trinajstić information content (AvgIpc) is 2.78. The van der Waals surface area contributed by atoms with Crippen molar-refractivity contribution >= 4 is 16.8 Å². The lowest BCUT2D eigenvalue weighted by atomic mass is 10.2. The largest absolute Gasteiger partial charge is 0.351 e. The van der Waals surface area contributed by atoms with Crippen molar-refractivity contribution in [2.24, 2.45) is 5.92 Å². The SMILES string of the molecule is CCN(CC(C)C)C(=O)c1cc2ccccc2[nH]1. The van der Waals surface area contributed by atoms with E-state index >= 15 is 0 Å². The van der Waals surface area contributed by atoms with E-state index in [9.17, 15) is 4.79 Å². The van der Waals surface area contributed by atoms with Crippen molar-refractivity contribution in [3.8, 4) is 0 Å². The van der Waals surface area contributed by atoms with E-state index in [4.69, 9.17) is 0 Å². The van der Waals surface area contributed by atoms with Crippen LogP contribution in [0, 0.1) is 5.92 Å². The fraction of sp³-hybridized carbons (Fsp3) is 0.400. The second-order valence-electron chi connectivity index (χ2n) is 5.01. The molecule has 3 nitrogen and oxygen atoms in total. The van der Waals surface area contributed by atoms with Gasteiger partial charge in [-0.05, 0) is 25.0 Å². The molecule has 18 heavy (non-hydrogen) atoms. The first-order valence-corrected chi connectivity index (χ1v) is 6.48. The molecule has 0 spiro atoms. The van der Waals surface area contributed by atoms with Gasteiger partial charge in [0.1, 0.15) is 5.69 Å². The average molecular weight is 244 g/mol. The lowest BCUT2D eigenvalue weighted by Crippen LogP contribution is -2.34. The number of nitrogens with zero attached hydrogens (tertiary/aromatic N) is 1. The number of fused-ring (bicyclic) bond motifs is 1. The number of aromatic nitrogens is 1. The lowest BCUT2D eigenvalue weighted by Gasteiger charge is -2.22. The summed E-state index contributed by atoms with van der Waals surface area (Å²) in [6.07, 6.45) is 0. The van der Waals surface area contributed by atoms with Crippen LogP contribution in [0.25, 0.3) is 10.9 Å². The van der Waals surface area contributed by atoms with Crippen LogP contribution in [0.2, 0.25) is 0 Å². The Labute approximate surface area is 108 Å². The second kappa shape index (κ2) is 5.25. The van der Waals surface area contributed by atoms with Gasteiger partial charge in [0.2, 0.25) is 0 Å². The summed E-state index contributed by atoms with van der Waals surface area (Å²) in [7, 11) is 0. The first kappa shape index (κ1) is 12.7. The maximum Gasteiger partial charge on any atom is 0.270 e. The minimum Gasteiger partial charge on any atom is -0.351 e. The van der Waals surface area contributed by atoms with E-state index < -0.39 is 0 Å². The van der Waals surface area contributed by atoms with Gasteiger partial charge < -0.3 is 9.88 Å². The van der Waals surface area contributed by atoms with Crippen LogP contribution in [-0.4, -0.2) is 28.9 Å². The number of rotatable bonds is 4. The fourth-order valence-corrected chi connectivity index (χ4v) is 2.16. The Balaban J connectivity index is 2.26. The molecular formula is C15H20N2O. The van der Waals surface area contributed by atoms with Gasteiger partial charge >= 0.3 is 0 Å². The van der Waals surface area contributed by atoms with Gasteiger partial charge in [-0.2, -0.15) is 0 Å². The van der Waals surface area contributed by atoms with Crippen LogP contribution < -0.4 is 0 Å². The van der Waals surface area contributed by atoms with Crippen molar-refractivity contribution in [3.63, 3.8) is 0 Å². The Hall–Kier alpha value is -1.77. The van der Waals surface area contributed by atoms with Gasteiger partial charge in [0.15, 0.2) is 0 Å². The predicted molar refractivity (Wildman–Crippen MR) is 74.7 cm³/mol. The minimum atomic E-state index is 0.0856. The molecule has 0 fully saturated rings. The summed E-state index contributed by atoms with van der Waals surface area (Å²) in [5, 5.41) is 1.08. The smallest absolute Gasteiger partial charge is 0.270 e. The number of carbonyl (C=O) groups excluding carboxylic acids is 1. The Bertz CT molecular complexity index is 509. The maximum absolute atomic E-state index is 12.4. The molecule has 1 amide bonds. The van der Waals surface area contributed by atoms with Crippen molar-refractivity contribution in [1.29, 1.82) is 0 Å². The Kier molecular flexibility index (Phi) is 3.70. The summed E-state index contributed by atoms with van der Waals surface area (Å²) in [5.41, 5.74) is 1.69. The number of hydrogen-bond acceptors (Lipinski definition) is 1. The monoisotopic (exact) mass is 244 g/mol. The van der Waals surface area contributed by atoms with Crippen LogP contribution in [0.1, 0.15) is 31.3 Å². The van der Waals surface area contributed by atoms with Crippen LogP contribution in [0.15, 0.2) is 30.3 Å². The highest BCUT2D eigenvalue weighted by Gasteiger charge is 2.17. The Morgan fingerprint density at radius 1 is 1.33 bits per heavy atom. The third-order valence-corrected chi connectivity index (χ3v) is 3.01. The number of carbonyl (C=O) groups is 1. The molecule has 0 aliphatic carbocycles. The standard InChI is InChI=1S/C15H20N2O/c1-4-17(10-11(2)3)15(18)14-9-12-7-5-6-8-13(12)16-14/h5-9,11,16H,4,10H2,1-3H3. The number of benzene rings is 1. The second-order valence-corrected chi connectivity index (χ2v) is 5.01. The van der Waals surface area contributed by atoms with E-state index in [2.05, 4.69) is 18.8 Å². The molecule has 96 valence electrons. The molecule has 1 heterocycles. The van der Waals surface area contributed by atoms with Crippen molar-refractivity contribution in [3.05, 3.63) is 36.0 Å². The molecule has 0 radical (unpaired) electrons. The molecule has 0 aliphatic rings. The first-order chi connectivity index (χ1) is 8.61. The van der Waals surface area contributed by atoms with Crippen LogP contribution in [-0.2, 0) is 0 Å². The van der Waals surface area contributed by atoms with Gasteiger partial charge in [0.25, 0.3) is 5.91 Å². The Morgan fingerprint density at radius 2 is 2.06 bits per heavy atom. The van der Waals surface area contributed by atoms with Gasteiger partial charge in [-0.15, -0.1) is 0 Å². The molecule has 0 bridgehead atoms. The van der Waals surface area contributed by atoms with Crippen LogP contribution in [0.3, 0.4) is 0 Å². The topological polar surface area (TPSA) is 36.1 Å². The van der Waals surface area contributed by atoms with Gasteiger partial charge in [0.05, 0.1) is 0 Å². The van der Waals surface area contributed by atoms with Crippen molar-refractivity contribution in [1.82, 2.24) is 9.88 Å². The summed E-state index contributed by atoms with van der Waals surface area (Å²) in [6, 6.07) is 9.89. The minimum absolute atomic E-state index is 0.0856. The molecule has 0 unspecified atom stereocenters. The van der Waals surface area contributed by atoms with E-state index in [0.29, 0.717) is 11.6 Å². The summed E-state index contributed by atoms with van der Waals surface area (Å²) < 4.78 is 0. The van der Waals surface area contributed by atoms with Crippen LogP contribution in [0.5, 0.6) is 0 Å². The molecule has 1 N–H and O–H groups in total. The van der Waals surface area contributed by atoms with Gasteiger partial charge in [-0.25, -0.2) is 0 Å². The summed E-state index contributed by atoms with van der Waals surface area (Å²) in [6.45, 7) is 7.81. The van der Waals surface area contributed by atoms with Gasteiger partial charge in [-0.3, -0.25) is 4.79 Å². The first-order valence-electron chi connectivity index (χ1n) is 6.48. The summed E-state index contributed by atoms with van der Waals surface area (Å²) >= 11 is 0. The highest BCUT2D eigenvalue weighted by atomic mass is 16.2. The van der Waals surface area contributed by atoms with E-state index in [1.807, 2.05) is 42.2 Å². The number of H-pyrrole nitrogens is 1. The number of nitrogens with one attached hydrogen (secondary N) is 1. The van der Waals surface area contributed by atoms with Gasteiger partial charge in [-0.1, -0.05) is 32.0 Å². The zero-order valence-electron chi connectivity index (χ0n) is 11.2. The third kappa shape index (κ3) is 2.55. The van der Waals surface area contributed by atoms with Crippen molar-refractivity contribution in [2.45, 2.75) is 20.8 Å². The number of aromatic amines is 1. The highest BCUT2D eigenvalue weighted by molar-refractivity contribution is 5.98. The van der Waals surface area contributed by atoms with Crippen molar-refractivity contribution < 1.29 is 4.79 Å². The quantitative estimate of drug-likeness (QED) is 0.880. The van der Waals surface area contributed by atoms with E-state index in [1.165, 1.54) is 0 Å². The van der Waals surface area contributed by atoms with E-state index in [-0.39, 0.29) is 5.91 Å². The van der Waals surface area contributed by atoms with E-state index in [0.717, 1.165) is 24.0 Å². The van der Waals surface area contributed by atoms with Gasteiger partial charge in [0, 0.05) is 24.0 Å². The molecular weight excluding hydrogens is 224 g/mol. The molecule has 0 saturated carbocycles. The van der Waals surface area contributed by atoms with E-state index in [1.54, 1.807) is 0 Å². The molecule has 2 aromatic rings.